The topological polar surface area (TPSA) is 37.8 Å². The standard InChI is InChI=1S/C12H13N3S/c1-2-4-11-10(3-1)14-8-12(15-11)16-9-5-6-13-7-9/h1-4,8-9,13H,5-7H2/t9-/m0/s1. The Labute approximate surface area is 98.7 Å². The van der Waals surface area contributed by atoms with Crippen LogP contribution >= 0.6 is 11.8 Å². The maximum atomic E-state index is 4.61. The first-order valence-corrected chi connectivity index (χ1v) is 6.39. The summed E-state index contributed by atoms with van der Waals surface area (Å²) < 4.78 is 0. The average Bonchev–Trinajstić information content (AvgIpc) is 2.82. The third-order valence-corrected chi connectivity index (χ3v) is 3.90. The van der Waals surface area contributed by atoms with Crippen molar-refractivity contribution in [2.45, 2.75) is 16.7 Å². The van der Waals surface area contributed by atoms with Crippen LogP contribution in [0.15, 0.2) is 35.5 Å². The maximum absolute atomic E-state index is 4.61. The van der Waals surface area contributed by atoms with E-state index in [1.807, 2.05) is 42.2 Å². The predicted molar refractivity (Wildman–Crippen MR) is 66.7 cm³/mol. The predicted octanol–water partition coefficient (Wildman–Crippen LogP) is 2.08. The van der Waals surface area contributed by atoms with Gasteiger partial charge in [0, 0.05) is 11.8 Å². The number of nitrogens with one attached hydrogen (secondary N) is 1. The van der Waals surface area contributed by atoms with Crippen molar-refractivity contribution in [2.75, 3.05) is 13.1 Å². The van der Waals surface area contributed by atoms with E-state index in [0.29, 0.717) is 5.25 Å². The van der Waals surface area contributed by atoms with Gasteiger partial charge < -0.3 is 5.32 Å². The quantitative estimate of drug-likeness (QED) is 0.858. The van der Waals surface area contributed by atoms with E-state index in [2.05, 4.69) is 15.3 Å². The Kier molecular flexibility index (Phi) is 2.76. The molecule has 2 heterocycles. The maximum Gasteiger partial charge on any atom is 0.115 e. The number of aromatic nitrogens is 2. The fourth-order valence-electron chi connectivity index (χ4n) is 1.90. The highest BCUT2D eigenvalue weighted by molar-refractivity contribution is 7.99. The lowest BCUT2D eigenvalue weighted by Crippen LogP contribution is -2.10. The molecule has 0 saturated carbocycles. The van der Waals surface area contributed by atoms with E-state index in [9.17, 15) is 0 Å². The highest BCUT2D eigenvalue weighted by atomic mass is 32.2. The molecule has 1 fully saturated rings. The molecule has 1 saturated heterocycles. The number of hydrogen-bond acceptors (Lipinski definition) is 4. The molecule has 0 unspecified atom stereocenters. The largest absolute Gasteiger partial charge is 0.316 e. The van der Waals surface area contributed by atoms with Gasteiger partial charge in [-0.25, -0.2) is 4.98 Å². The Bertz CT molecular complexity index is 494. The van der Waals surface area contributed by atoms with Crippen LogP contribution in [0.3, 0.4) is 0 Å². The van der Waals surface area contributed by atoms with Gasteiger partial charge in [0.05, 0.1) is 17.2 Å². The minimum absolute atomic E-state index is 0.649. The summed E-state index contributed by atoms with van der Waals surface area (Å²) in [6.07, 6.45) is 3.10. The summed E-state index contributed by atoms with van der Waals surface area (Å²) in [6.45, 7) is 2.21. The van der Waals surface area contributed by atoms with Crippen LogP contribution in [0.1, 0.15) is 6.42 Å². The summed E-state index contributed by atoms with van der Waals surface area (Å²) in [6, 6.07) is 8.00. The Balaban J connectivity index is 1.86. The lowest BCUT2D eigenvalue weighted by molar-refractivity contribution is 0.858. The Morgan fingerprint density at radius 3 is 2.94 bits per heavy atom. The Hall–Kier alpha value is -1.13. The van der Waals surface area contributed by atoms with Crippen LogP contribution in [-0.2, 0) is 0 Å². The van der Waals surface area contributed by atoms with E-state index in [0.717, 1.165) is 29.1 Å². The van der Waals surface area contributed by atoms with E-state index in [1.54, 1.807) is 0 Å². The van der Waals surface area contributed by atoms with Crippen molar-refractivity contribution < 1.29 is 0 Å². The fraction of sp³-hybridized carbons (Fsp3) is 0.333. The number of para-hydroxylation sites is 2. The molecule has 1 aromatic heterocycles. The number of nitrogens with zero attached hydrogens (tertiary/aromatic N) is 2. The minimum atomic E-state index is 0.649. The molecule has 2 aromatic rings. The van der Waals surface area contributed by atoms with Crippen molar-refractivity contribution in [2.24, 2.45) is 0 Å². The van der Waals surface area contributed by atoms with Gasteiger partial charge in [0.2, 0.25) is 0 Å². The lowest BCUT2D eigenvalue weighted by Gasteiger charge is -2.07. The molecular weight excluding hydrogens is 218 g/mol. The Morgan fingerprint density at radius 2 is 2.12 bits per heavy atom. The molecule has 82 valence electrons. The van der Waals surface area contributed by atoms with Crippen LogP contribution in [0.2, 0.25) is 0 Å². The molecule has 1 aromatic carbocycles. The summed E-state index contributed by atoms with van der Waals surface area (Å²) in [5.41, 5.74) is 1.95. The zero-order valence-corrected chi connectivity index (χ0v) is 9.70. The molecule has 1 aliphatic rings. The van der Waals surface area contributed by atoms with Crippen LogP contribution in [0.5, 0.6) is 0 Å². The van der Waals surface area contributed by atoms with Crippen molar-refractivity contribution in [3.63, 3.8) is 0 Å². The van der Waals surface area contributed by atoms with Crippen LogP contribution in [-0.4, -0.2) is 28.3 Å². The first-order valence-electron chi connectivity index (χ1n) is 5.51. The van der Waals surface area contributed by atoms with E-state index in [4.69, 9.17) is 0 Å². The van der Waals surface area contributed by atoms with Crippen molar-refractivity contribution >= 4 is 22.8 Å². The van der Waals surface area contributed by atoms with Crippen molar-refractivity contribution in [1.29, 1.82) is 0 Å². The second kappa shape index (κ2) is 4.39. The normalized spacial score (nSPS) is 20.4. The highest BCUT2D eigenvalue weighted by Crippen LogP contribution is 2.25. The lowest BCUT2D eigenvalue weighted by atomic mass is 10.3. The van der Waals surface area contributed by atoms with Crippen molar-refractivity contribution in [3.8, 4) is 0 Å². The number of thioether (sulfide) groups is 1. The molecular formula is C12H13N3S. The zero-order chi connectivity index (χ0) is 10.8. The van der Waals surface area contributed by atoms with Gasteiger partial charge in [0.15, 0.2) is 0 Å². The van der Waals surface area contributed by atoms with Crippen LogP contribution in [0.4, 0.5) is 0 Å². The summed E-state index contributed by atoms with van der Waals surface area (Å²) in [5, 5.41) is 5.04. The van der Waals surface area contributed by atoms with Gasteiger partial charge >= 0.3 is 0 Å². The van der Waals surface area contributed by atoms with Gasteiger partial charge in [-0.1, -0.05) is 12.1 Å². The van der Waals surface area contributed by atoms with E-state index >= 15 is 0 Å². The first kappa shape index (κ1) is 10.1. The van der Waals surface area contributed by atoms with Crippen molar-refractivity contribution in [3.05, 3.63) is 30.5 Å². The smallest absolute Gasteiger partial charge is 0.115 e. The summed E-state index contributed by atoms with van der Waals surface area (Å²) >= 11 is 1.83. The van der Waals surface area contributed by atoms with Gasteiger partial charge in [-0.05, 0) is 25.1 Å². The van der Waals surface area contributed by atoms with Crippen LogP contribution in [0, 0.1) is 0 Å². The second-order valence-electron chi connectivity index (χ2n) is 3.93. The van der Waals surface area contributed by atoms with Crippen molar-refractivity contribution in [1.82, 2.24) is 15.3 Å². The van der Waals surface area contributed by atoms with Crippen LogP contribution in [0.25, 0.3) is 11.0 Å². The third-order valence-electron chi connectivity index (χ3n) is 2.73. The van der Waals surface area contributed by atoms with Gasteiger partial charge in [-0.3, -0.25) is 4.98 Å². The average molecular weight is 231 g/mol. The van der Waals surface area contributed by atoms with Gasteiger partial charge in [0.1, 0.15) is 5.03 Å². The second-order valence-corrected chi connectivity index (χ2v) is 5.25. The van der Waals surface area contributed by atoms with Gasteiger partial charge in [-0.15, -0.1) is 11.8 Å². The summed E-state index contributed by atoms with van der Waals surface area (Å²) in [5.74, 6) is 0. The SMILES string of the molecule is c1ccc2nc(S[C@H]3CCNC3)cnc2c1. The highest BCUT2D eigenvalue weighted by Gasteiger charge is 2.16. The van der Waals surface area contributed by atoms with E-state index in [-0.39, 0.29) is 0 Å². The van der Waals surface area contributed by atoms with Crippen LogP contribution < -0.4 is 5.32 Å². The molecule has 3 nitrogen and oxygen atoms in total. The molecule has 0 radical (unpaired) electrons. The minimum Gasteiger partial charge on any atom is -0.316 e. The Morgan fingerprint density at radius 1 is 1.25 bits per heavy atom. The zero-order valence-electron chi connectivity index (χ0n) is 8.89. The number of benzene rings is 1. The summed E-state index contributed by atoms with van der Waals surface area (Å²) in [7, 11) is 0. The van der Waals surface area contributed by atoms with Gasteiger partial charge in [-0.2, -0.15) is 0 Å². The fourth-order valence-corrected chi connectivity index (χ4v) is 2.94. The molecule has 1 atom stereocenters. The number of hydrogen-bond donors (Lipinski definition) is 1. The summed E-state index contributed by atoms with van der Waals surface area (Å²) in [4.78, 5) is 9.03. The number of rotatable bonds is 2. The number of fused-ring (bicyclic) bond motifs is 1. The van der Waals surface area contributed by atoms with Gasteiger partial charge in [0.25, 0.3) is 0 Å². The molecule has 3 rings (SSSR count). The molecule has 0 bridgehead atoms. The monoisotopic (exact) mass is 231 g/mol. The molecule has 1 N–H and O–H groups in total. The molecule has 16 heavy (non-hydrogen) atoms. The molecule has 0 amide bonds. The van der Waals surface area contributed by atoms with E-state index in [1.165, 1.54) is 6.42 Å². The van der Waals surface area contributed by atoms with E-state index < -0.39 is 0 Å². The first-order chi connectivity index (χ1) is 7.92. The third kappa shape index (κ3) is 2.03. The molecule has 0 aliphatic carbocycles. The molecule has 1 aliphatic heterocycles. The molecule has 4 heteroatoms. The molecule has 0 spiro atoms.